The predicted molar refractivity (Wildman–Crippen MR) is 73.2 cm³/mol. The zero-order valence-corrected chi connectivity index (χ0v) is 10.9. The van der Waals surface area contributed by atoms with E-state index in [4.69, 9.17) is 15.7 Å². The Kier molecular flexibility index (Phi) is 6.69. The molecule has 0 spiro atoms. The molecule has 1 aromatic carbocycles. The molecule has 0 heterocycles. The molecule has 0 radical (unpaired) electrons. The molecule has 0 aliphatic carbocycles. The summed E-state index contributed by atoms with van der Waals surface area (Å²) in [5, 5.41) is 11.7. The maximum Gasteiger partial charge on any atom is 0.173 e. The summed E-state index contributed by atoms with van der Waals surface area (Å²) < 4.78 is 5.67. The van der Waals surface area contributed by atoms with Crippen LogP contribution in [0.15, 0.2) is 29.4 Å². The summed E-state index contributed by atoms with van der Waals surface area (Å²) in [5.74, 6) is 0.750. The van der Waals surface area contributed by atoms with Gasteiger partial charge in [-0.3, -0.25) is 0 Å². The standard InChI is InChI=1S/C14H22N2O2/c1-2-3-4-5-8-11-18-13-10-7-6-9-12(13)14(15)16-17/h6-7,9-10,17H,2-5,8,11H2,1H3,(H2,15,16). The van der Waals surface area contributed by atoms with Crippen LogP contribution < -0.4 is 10.5 Å². The molecule has 18 heavy (non-hydrogen) atoms. The van der Waals surface area contributed by atoms with Crippen molar-refractivity contribution in [3.8, 4) is 5.75 Å². The number of hydrogen-bond donors (Lipinski definition) is 2. The number of oxime groups is 1. The first-order valence-electron chi connectivity index (χ1n) is 6.49. The largest absolute Gasteiger partial charge is 0.493 e. The average molecular weight is 250 g/mol. The molecule has 0 aliphatic rings. The van der Waals surface area contributed by atoms with Crippen molar-refractivity contribution in [1.82, 2.24) is 0 Å². The van der Waals surface area contributed by atoms with Crippen LogP contribution in [0.3, 0.4) is 0 Å². The van der Waals surface area contributed by atoms with Gasteiger partial charge in [0.2, 0.25) is 0 Å². The smallest absolute Gasteiger partial charge is 0.173 e. The summed E-state index contributed by atoms with van der Waals surface area (Å²) in [6.07, 6.45) is 5.99. The molecule has 0 aliphatic heterocycles. The number of unbranched alkanes of at least 4 members (excludes halogenated alkanes) is 4. The Bertz CT molecular complexity index is 378. The highest BCUT2D eigenvalue weighted by molar-refractivity contribution is 5.99. The first-order chi connectivity index (χ1) is 8.79. The number of para-hydroxylation sites is 1. The molecule has 0 fully saturated rings. The first kappa shape index (κ1) is 14.4. The molecule has 0 atom stereocenters. The van der Waals surface area contributed by atoms with Gasteiger partial charge in [0.25, 0.3) is 0 Å². The van der Waals surface area contributed by atoms with Crippen LogP contribution in [-0.4, -0.2) is 17.6 Å². The fourth-order valence-electron chi connectivity index (χ4n) is 1.75. The van der Waals surface area contributed by atoms with Gasteiger partial charge in [0, 0.05) is 0 Å². The summed E-state index contributed by atoms with van der Waals surface area (Å²) in [4.78, 5) is 0. The SMILES string of the molecule is CCCCCCCOc1ccccc1/C(N)=N/O. The average Bonchev–Trinajstić information content (AvgIpc) is 2.42. The molecule has 1 aromatic rings. The number of hydrogen-bond acceptors (Lipinski definition) is 3. The van der Waals surface area contributed by atoms with Crippen LogP contribution in [0.4, 0.5) is 0 Å². The molecular weight excluding hydrogens is 228 g/mol. The third kappa shape index (κ3) is 4.65. The van der Waals surface area contributed by atoms with Gasteiger partial charge in [0.15, 0.2) is 5.84 Å². The Balaban J connectivity index is 2.42. The number of ether oxygens (including phenoxy) is 1. The molecule has 0 saturated heterocycles. The summed E-state index contributed by atoms with van der Waals surface area (Å²) in [5.41, 5.74) is 6.22. The van der Waals surface area contributed by atoms with Crippen LogP contribution in [0.2, 0.25) is 0 Å². The van der Waals surface area contributed by atoms with Crippen LogP contribution in [0.5, 0.6) is 5.75 Å². The minimum Gasteiger partial charge on any atom is -0.493 e. The molecule has 0 bridgehead atoms. The van der Waals surface area contributed by atoms with Gasteiger partial charge in [-0.2, -0.15) is 0 Å². The van der Waals surface area contributed by atoms with Crippen molar-refractivity contribution in [2.45, 2.75) is 39.0 Å². The van der Waals surface area contributed by atoms with E-state index in [1.807, 2.05) is 18.2 Å². The lowest BCUT2D eigenvalue weighted by atomic mass is 10.1. The Morgan fingerprint density at radius 2 is 1.94 bits per heavy atom. The van der Waals surface area contributed by atoms with Gasteiger partial charge in [0.1, 0.15) is 5.75 Å². The van der Waals surface area contributed by atoms with Crippen molar-refractivity contribution in [3.05, 3.63) is 29.8 Å². The third-order valence-electron chi connectivity index (χ3n) is 2.78. The van der Waals surface area contributed by atoms with Crippen LogP contribution in [0.25, 0.3) is 0 Å². The third-order valence-corrected chi connectivity index (χ3v) is 2.78. The van der Waals surface area contributed by atoms with Gasteiger partial charge < -0.3 is 15.7 Å². The highest BCUT2D eigenvalue weighted by Crippen LogP contribution is 2.18. The van der Waals surface area contributed by atoms with Gasteiger partial charge >= 0.3 is 0 Å². The van der Waals surface area contributed by atoms with E-state index in [1.54, 1.807) is 6.07 Å². The minimum absolute atomic E-state index is 0.0802. The molecular formula is C14H22N2O2. The molecule has 0 unspecified atom stereocenters. The lowest BCUT2D eigenvalue weighted by molar-refractivity contribution is 0.302. The van der Waals surface area contributed by atoms with Gasteiger partial charge in [-0.25, -0.2) is 0 Å². The number of amidine groups is 1. The second-order valence-corrected chi connectivity index (χ2v) is 4.24. The monoisotopic (exact) mass is 250 g/mol. The van der Waals surface area contributed by atoms with Crippen molar-refractivity contribution in [2.75, 3.05) is 6.61 Å². The normalized spacial score (nSPS) is 11.5. The van der Waals surface area contributed by atoms with Crippen molar-refractivity contribution < 1.29 is 9.94 Å². The summed E-state index contributed by atoms with van der Waals surface area (Å²) in [6.45, 7) is 2.86. The number of benzene rings is 1. The summed E-state index contributed by atoms with van der Waals surface area (Å²) in [6, 6.07) is 7.32. The molecule has 4 heteroatoms. The zero-order valence-electron chi connectivity index (χ0n) is 10.9. The van der Waals surface area contributed by atoms with Gasteiger partial charge in [-0.05, 0) is 18.6 Å². The zero-order chi connectivity index (χ0) is 13.2. The van der Waals surface area contributed by atoms with Crippen LogP contribution in [-0.2, 0) is 0 Å². The van der Waals surface area contributed by atoms with E-state index in [-0.39, 0.29) is 5.84 Å². The quantitative estimate of drug-likeness (QED) is 0.245. The van der Waals surface area contributed by atoms with Crippen LogP contribution in [0.1, 0.15) is 44.6 Å². The van der Waals surface area contributed by atoms with E-state index in [9.17, 15) is 0 Å². The molecule has 1 rings (SSSR count). The van der Waals surface area contributed by atoms with Crippen molar-refractivity contribution >= 4 is 5.84 Å². The minimum atomic E-state index is 0.0802. The van der Waals surface area contributed by atoms with E-state index in [0.717, 1.165) is 6.42 Å². The Hall–Kier alpha value is -1.71. The first-order valence-corrected chi connectivity index (χ1v) is 6.49. The predicted octanol–water partition coefficient (Wildman–Crippen LogP) is 3.13. The summed E-state index contributed by atoms with van der Waals surface area (Å²) in [7, 11) is 0. The number of nitrogens with two attached hydrogens (primary N) is 1. The maximum atomic E-state index is 8.69. The Morgan fingerprint density at radius 3 is 2.67 bits per heavy atom. The van der Waals surface area contributed by atoms with Crippen molar-refractivity contribution in [1.29, 1.82) is 0 Å². The fourth-order valence-corrected chi connectivity index (χ4v) is 1.75. The highest BCUT2D eigenvalue weighted by Gasteiger charge is 2.06. The maximum absolute atomic E-state index is 8.69. The topological polar surface area (TPSA) is 67.8 Å². The van der Waals surface area contributed by atoms with Gasteiger partial charge in [-0.1, -0.05) is 49.9 Å². The second kappa shape index (κ2) is 8.39. The number of rotatable bonds is 8. The number of nitrogens with zero attached hydrogens (tertiary/aromatic N) is 1. The molecule has 0 aromatic heterocycles. The molecule has 100 valence electrons. The van der Waals surface area contributed by atoms with Crippen molar-refractivity contribution in [2.24, 2.45) is 10.9 Å². The Morgan fingerprint density at radius 1 is 1.22 bits per heavy atom. The van der Waals surface area contributed by atoms with E-state index >= 15 is 0 Å². The highest BCUT2D eigenvalue weighted by atomic mass is 16.5. The molecule has 3 N–H and O–H groups in total. The summed E-state index contributed by atoms with van der Waals surface area (Å²) >= 11 is 0. The lowest BCUT2D eigenvalue weighted by Crippen LogP contribution is -2.15. The van der Waals surface area contributed by atoms with E-state index in [0.29, 0.717) is 17.9 Å². The second-order valence-electron chi connectivity index (χ2n) is 4.24. The lowest BCUT2D eigenvalue weighted by Gasteiger charge is -2.10. The fraction of sp³-hybridized carbons (Fsp3) is 0.500. The molecule has 0 saturated carbocycles. The van der Waals surface area contributed by atoms with E-state index in [1.165, 1.54) is 25.7 Å². The van der Waals surface area contributed by atoms with E-state index in [2.05, 4.69) is 12.1 Å². The van der Waals surface area contributed by atoms with Crippen LogP contribution in [0, 0.1) is 0 Å². The van der Waals surface area contributed by atoms with Crippen LogP contribution >= 0.6 is 0 Å². The molecule has 4 nitrogen and oxygen atoms in total. The molecule has 0 amide bonds. The van der Waals surface area contributed by atoms with Crippen molar-refractivity contribution in [3.63, 3.8) is 0 Å². The van der Waals surface area contributed by atoms with E-state index < -0.39 is 0 Å². The Labute approximate surface area is 108 Å². The van der Waals surface area contributed by atoms with Gasteiger partial charge in [0.05, 0.1) is 12.2 Å². The van der Waals surface area contributed by atoms with Gasteiger partial charge in [-0.15, -0.1) is 0 Å².